The molecule has 0 aliphatic carbocycles. The van der Waals surface area contributed by atoms with E-state index in [4.69, 9.17) is 5.11 Å². The molecule has 1 aromatic heterocycles. The van der Waals surface area contributed by atoms with Crippen LogP contribution < -0.4 is 0 Å². The van der Waals surface area contributed by atoms with Gasteiger partial charge >= 0.3 is 0 Å². The van der Waals surface area contributed by atoms with Gasteiger partial charge in [0.2, 0.25) is 0 Å². The minimum absolute atomic E-state index is 0.118. The van der Waals surface area contributed by atoms with E-state index in [1.54, 1.807) is 10.9 Å². The maximum atomic E-state index is 8.78. The van der Waals surface area contributed by atoms with Crippen molar-refractivity contribution in [1.29, 1.82) is 0 Å². The van der Waals surface area contributed by atoms with Crippen LogP contribution in [0.2, 0.25) is 0 Å². The van der Waals surface area contributed by atoms with Gasteiger partial charge in [-0.1, -0.05) is 15.9 Å². The lowest BCUT2D eigenvalue weighted by molar-refractivity contribution is 0.271. The molecule has 68 valence electrons. The van der Waals surface area contributed by atoms with Crippen molar-refractivity contribution in [2.24, 2.45) is 0 Å². The number of hydrogen-bond acceptors (Lipinski definition) is 2. The highest BCUT2D eigenvalue weighted by Gasteiger charge is 2.01. The lowest BCUT2D eigenvalue weighted by atomic mass is 10.2. The molecule has 1 N–H and O–H groups in total. The van der Waals surface area contributed by atoms with Crippen molar-refractivity contribution in [3.63, 3.8) is 0 Å². The van der Waals surface area contributed by atoms with Gasteiger partial charge in [-0.25, -0.2) is 0 Å². The molecular weight excluding hydrogens is 232 g/mol. The van der Waals surface area contributed by atoms with Gasteiger partial charge in [0.25, 0.3) is 0 Å². The molecule has 0 atom stereocenters. The fraction of sp³-hybridized carbons (Fsp3) is 0.222. The molecule has 3 nitrogen and oxygen atoms in total. The predicted molar refractivity (Wildman–Crippen MR) is 54.5 cm³/mol. The minimum atomic E-state index is 0.118. The van der Waals surface area contributed by atoms with Crippen molar-refractivity contribution >= 4 is 26.8 Å². The lowest BCUT2D eigenvalue weighted by Gasteiger charge is -1.99. The van der Waals surface area contributed by atoms with E-state index < -0.39 is 0 Å². The largest absolute Gasteiger partial charge is 0.394 e. The lowest BCUT2D eigenvalue weighted by Crippen LogP contribution is -2.02. The first-order valence-corrected chi connectivity index (χ1v) is 4.82. The van der Waals surface area contributed by atoms with Crippen molar-refractivity contribution in [2.75, 3.05) is 6.61 Å². The molecule has 0 saturated carbocycles. The molecule has 0 amide bonds. The first-order chi connectivity index (χ1) is 6.31. The Hall–Kier alpha value is -0.870. The van der Waals surface area contributed by atoms with Crippen LogP contribution in [0, 0.1) is 0 Å². The summed E-state index contributed by atoms with van der Waals surface area (Å²) in [4.78, 5) is 0. The Morgan fingerprint density at radius 3 is 3.08 bits per heavy atom. The van der Waals surface area contributed by atoms with E-state index >= 15 is 0 Å². The summed E-state index contributed by atoms with van der Waals surface area (Å²) < 4.78 is 2.84. The number of aromatic nitrogens is 2. The van der Waals surface area contributed by atoms with Crippen LogP contribution in [0.15, 0.2) is 28.9 Å². The summed E-state index contributed by atoms with van der Waals surface area (Å²) in [5.41, 5.74) is 1.05. The molecule has 0 radical (unpaired) electrons. The summed E-state index contributed by atoms with van der Waals surface area (Å²) in [6.07, 6.45) is 1.80. The van der Waals surface area contributed by atoms with E-state index in [0.717, 1.165) is 15.4 Å². The normalized spacial score (nSPS) is 10.9. The SMILES string of the molecule is OCCn1ncc2cc(Br)ccc21. The zero-order chi connectivity index (χ0) is 9.26. The molecule has 13 heavy (non-hydrogen) atoms. The highest BCUT2D eigenvalue weighted by atomic mass is 79.9. The van der Waals surface area contributed by atoms with Gasteiger partial charge in [-0.15, -0.1) is 0 Å². The highest BCUT2D eigenvalue weighted by Crippen LogP contribution is 2.18. The maximum absolute atomic E-state index is 8.78. The Balaban J connectivity index is 2.55. The van der Waals surface area contributed by atoms with E-state index in [9.17, 15) is 0 Å². The Kier molecular flexibility index (Phi) is 2.33. The first-order valence-electron chi connectivity index (χ1n) is 4.03. The van der Waals surface area contributed by atoms with Crippen LogP contribution in [0.4, 0.5) is 0 Å². The predicted octanol–water partition coefficient (Wildman–Crippen LogP) is 1.79. The summed E-state index contributed by atoms with van der Waals surface area (Å²) >= 11 is 3.39. The van der Waals surface area contributed by atoms with Gasteiger partial charge in [-0.2, -0.15) is 5.10 Å². The second-order valence-corrected chi connectivity index (χ2v) is 3.71. The molecule has 2 aromatic rings. The number of benzene rings is 1. The van der Waals surface area contributed by atoms with Crippen molar-refractivity contribution in [2.45, 2.75) is 6.54 Å². The summed E-state index contributed by atoms with van der Waals surface area (Å²) in [6, 6.07) is 5.97. The van der Waals surface area contributed by atoms with Crippen molar-refractivity contribution in [1.82, 2.24) is 9.78 Å². The van der Waals surface area contributed by atoms with E-state index in [1.165, 1.54) is 0 Å². The molecule has 0 saturated heterocycles. The molecule has 4 heteroatoms. The number of aliphatic hydroxyl groups excluding tert-OH is 1. The van der Waals surface area contributed by atoms with Crippen molar-refractivity contribution in [3.8, 4) is 0 Å². The second kappa shape index (κ2) is 3.47. The van der Waals surface area contributed by atoms with E-state index in [2.05, 4.69) is 21.0 Å². The molecule has 0 unspecified atom stereocenters. The standard InChI is InChI=1S/C9H9BrN2O/c10-8-1-2-9-7(5-8)6-11-12(9)3-4-13/h1-2,5-6,13H,3-4H2. The Labute approximate surface area is 84.1 Å². The van der Waals surface area contributed by atoms with Crippen LogP contribution in [-0.4, -0.2) is 21.5 Å². The number of aliphatic hydroxyl groups is 1. The van der Waals surface area contributed by atoms with Gasteiger partial charge in [0.05, 0.1) is 24.9 Å². The molecule has 0 fully saturated rings. The zero-order valence-corrected chi connectivity index (χ0v) is 8.53. The smallest absolute Gasteiger partial charge is 0.0684 e. The summed E-state index contributed by atoms with van der Waals surface area (Å²) in [5, 5.41) is 14.0. The molecule has 0 bridgehead atoms. The van der Waals surface area contributed by atoms with Gasteiger partial charge in [0.15, 0.2) is 0 Å². The molecule has 0 spiro atoms. The van der Waals surface area contributed by atoms with Crippen molar-refractivity contribution in [3.05, 3.63) is 28.9 Å². The van der Waals surface area contributed by atoms with Crippen LogP contribution in [-0.2, 0) is 6.54 Å². The molecule has 1 aromatic carbocycles. The van der Waals surface area contributed by atoms with Crippen LogP contribution in [0.1, 0.15) is 0 Å². The third-order valence-electron chi connectivity index (χ3n) is 1.92. The topological polar surface area (TPSA) is 38.0 Å². The van der Waals surface area contributed by atoms with Gasteiger partial charge < -0.3 is 5.11 Å². The third-order valence-corrected chi connectivity index (χ3v) is 2.41. The summed E-state index contributed by atoms with van der Waals surface area (Å²) in [5.74, 6) is 0. The number of nitrogens with zero attached hydrogens (tertiary/aromatic N) is 2. The summed E-state index contributed by atoms with van der Waals surface area (Å²) in [7, 11) is 0. The number of hydrogen-bond donors (Lipinski definition) is 1. The Morgan fingerprint density at radius 1 is 1.46 bits per heavy atom. The van der Waals surface area contributed by atoms with Crippen LogP contribution in [0.5, 0.6) is 0 Å². The number of halogens is 1. The molecule has 0 aliphatic rings. The van der Waals surface area contributed by atoms with E-state index in [0.29, 0.717) is 6.54 Å². The highest BCUT2D eigenvalue weighted by molar-refractivity contribution is 9.10. The van der Waals surface area contributed by atoms with Crippen LogP contribution in [0.25, 0.3) is 10.9 Å². The molecule has 1 heterocycles. The third kappa shape index (κ3) is 1.59. The zero-order valence-electron chi connectivity index (χ0n) is 6.94. The molecule has 2 rings (SSSR count). The van der Waals surface area contributed by atoms with Gasteiger partial charge in [0, 0.05) is 9.86 Å². The molecular formula is C9H9BrN2O. The van der Waals surface area contributed by atoms with Gasteiger partial charge in [0.1, 0.15) is 0 Å². The summed E-state index contributed by atoms with van der Waals surface area (Å²) in [6.45, 7) is 0.665. The average Bonchev–Trinajstić information content (AvgIpc) is 2.49. The maximum Gasteiger partial charge on any atom is 0.0684 e. The van der Waals surface area contributed by atoms with Crippen LogP contribution >= 0.6 is 15.9 Å². The second-order valence-electron chi connectivity index (χ2n) is 2.79. The first kappa shape index (κ1) is 8.72. The Morgan fingerprint density at radius 2 is 2.31 bits per heavy atom. The van der Waals surface area contributed by atoms with E-state index in [1.807, 2.05) is 18.2 Å². The van der Waals surface area contributed by atoms with Crippen LogP contribution in [0.3, 0.4) is 0 Å². The fourth-order valence-corrected chi connectivity index (χ4v) is 1.71. The van der Waals surface area contributed by atoms with Gasteiger partial charge in [-0.3, -0.25) is 4.68 Å². The fourth-order valence-electron chi connectivity index (χ4n) is 1.33. The number of rotatable bonds is 2. The van der Waals surface area contributed by atoms with Gasteiger partial charge in [-0.05, 0) is 18.2 Å². The molecule has 0 aliphatic heterocycles. The monoisotopic (exact) mass is 240 g/mol. The minimum Gasteiger partial charge on any atom is -0.394 e. The average molecular weight is 241 g/mol. The number of fused-ring (bicyclic) bond motifs is 1. The van der Waals surface area contributed by atoms with Crippen molar-refractivity contribution < 1.29 is 5.11 Å². The quantitative estimate of drug-likeness (QED) is 0.870. The Bertz CT molecular complexity index is 424. The van der Waals surface area contributed by atoms with E-state index in [-0.39, 0.29) is 6.61 Å².